The molecule has 0 aliphatic carbocycles. The molecule has 2 aliphatic rings. The molecule has 1 amide bonds. The number of hydrogen-bond donors (Lipinski definition) is 1. The minimum Gasteiger partial charge on any atom is -0.482 e. The van der Waals surface area contributed by atoms with Gasteiger partial charge in [0.15, 0.2) is 6.40 Å². The van der Waals surface area contributed by atoms with E-state index < -0.39 is 15.9 Å². The Morgan fingerprint density at radius 2 is 2.06 bits per heavy atom. The molecule has 0 aromatic heterocycles. The van der Waals surface area contributed by atoms with E-state index in [0.29, 0.717) is 0 Å². The topological polar surface area (TPSA) is 84.8 Å². The molecule has 0 fully saturated rings. The van der Waals surface area contributed by atoms with E-state index in [1.807, 2.05) is 4.72 Å². The van der Waals surface area contributed by atoms with Gasteiger partial charge in [0.05, 0.1) is 12.1 Å². The summed E-state index contributed by atoms with van der Waals surface area (Å²) in [5.74, 6) is -0.550. The first-order valence-corrected chi connectivity index (χ1v) is 6.36. The maximum atomic E-state index is 11.1. The fourth-order valence-corrected chi connectivity index (χ4v) is 2.56. The smallest absolute Gasteiger partial charge is 0.266 e. The lowest BCUT2D eigenvalue weighted by Gasteiger charge is -1.91. The van der Waals surface area contributed by atoms with Crippen LogP contribution in [0.3, 0.4) is 0 Å². The van der Waals surface area contributed by atoms with Gasteiger partial charge in [-0.25, -0.2) is 13.1 Å². The van der Waals surface area contributed by atoms with Gasteiger partial charge in [0.25, 0.3) is 15.9 Å². The number of rotatable bonds is 0. The fourth-order valence-electron chi connectivity index (χ4n) is 1.38. The molecule has 7 heteroatoms. The predicted molar refractivity (Wildman–Crippen MR) is 60.4 cm³/mol. The summed E-state index contributed by atoms with van der Waals surface area (Å²) in [6, 6.07) is 6.09. The van der Waals surface area contributed by atoms with Crippen molar-refractivity contribution in [3.05, 3.63) is 29.8 Å². The highest BCUT2D eigenvalue weighted by Crippen LogP contribution is 2.20. The van der Waals surface area contributed by atoms with Crippen LogP contribution in [0, 0.1) is 0 Å². The number of benzene rings is 1. The Morgan fingerprint density at radius 1 is 1.29 bits per heavy atom. The summed E-state index contributed by atoms with van der Waals surface area (Å²) in [7, 11) is -3.55. The number of hydrogen-bond acceptors (Lipinski definition) is 5. The van der Waals surface area contributed by atoms with Crippen LogP contribution in [0.5, 0.6) is 0 Å². The third-order valence-corrected chi connectivity index (χ3v) is 3.52. The Hall–Kier alpha value is -1.89. The number of nitrogens with one attached hydrogen (secondary N) is 1. The lowest BCUT2D eigenvalue weighted by Crippen LogP contribution is -2.20. The molecule has 6 nitrogen and oxygen atoms in total. The van der Waals surface area contributed by atoms with Crippen molar-refractivity contribution in [3.8, 4) is 0 Å². The Balaban J connectivity index is 0.000000181. The van der Waals surface area contributed by atoms with Crippen LogP contribution >= 0.6 is 0 Å². The first kappa shape index (κ1) is 11.6. The van der Waals surface area contributed by atoms with Crippen LogP contribution in [0.4, 0.5) is 0 Å². The van der Waals surface area contributed by atoms with E-state index in [1.165, 1.54) is 18.5 Å². The van der Waals surface area contributed by atoms with Gasteiger partial charge in [-0.2, -0.15) is 0 Å². The number of carbonyl (C=O) groups excluding carboxylic acids is 1. The number of aliphatic imine (C=N–C) groups is 1. The maximum Gasteiger partial charge on any atom is 0.266 e. The molecule has 0 atom stereocenters. The number of amides is 1. The van der Waals surface area contributed by atoms with Gasteiger partial charge < -0.3 is 4.74 Å². The van der Waals surface area contributed by atoms with Crippen molar-refractivity contribution >= 4 is 22.3 Å². The molecule has 17 heavy (non-hydrogen) atoms. The Morgan fingerprint density at radius 3 is 2.59 bits per heavy atom. The van der Waals surface area contributed by atoms with Crippen molar-refractivity contribution in [2.75, 3.05) is 13.2 Å². The van der Waals surface area contributed by atoms with Gasteiger partial charge in [0, 0.05) is 0 Å². The molecule has 2 heterocycles. The summed E-state index contributed by atoms with van der Waals surface area (Å²) in [5, 5.41) is 0. The van der Waals surface area contributed by atoms with Crippen LogP contribution in [-0.2, 0) is 14.8 Å². The van der Waals surface area contributed by atoms with Gasteiger partial charge in [0.2, 0.25) is 0 Å². The average Bonchev–Trinajstić information content (AvgIpc) is 2.92. The molecule has 0 spiro atoms. The second-order valence-electron chi connectivity index (χ2n) is 3.31. The zero-order valence-corrected chi connectivity index (χ0v) is 9.61. The van der Waals surface area contributed by atoms with Crippen molar-refractivity contribution in [3.63, 3.8) is 0 Å². The van der Waals surface area contributed by atoms with E-state index in [0.717, 1.165) is 13.2 Å². The molecule has 0 radical (unpaired) electrons. The summed E-state index contributed by atoms with van der Waals surface area (Å²) < 4.78 is 28.8. The van der Waals surface area contributed by atoms with E-state index >= 15 is 0 Å². The van der Waals surface area contributed by atoms with E-state index in [4.69, 9.17) is 0 Å². The number of sulfonamides is 1. The molecule has 90 valence electrons. The molecule has 0 unspecified atom stereocenters. The quantitative estimate of drug-likeness (QED) is 0.715. The summed E-state index contributed by atoms with van der Waals surface area (Å²) in [6.45, 7) is 1.62. The van der Waals surface area contributed by atoms with E-state index in [9.17, 15) is 13.2 Å². The zero-order chi connectivity index (χ0) is 12.3. The Kier molecular flexibility index (Phi) is 3.10. The normalized spacial score (nSPS) is 18.7. The highest BCUT2D eigenvalue weighted by atomic mass is 32.2. The fraction of sp³-hybridized carbons (Fsp3) is 0.200. The van der Waals surface area contributed by atoms with Crippen molar-refractivity contribution in [1.29, 1.82) is 0 Å². The minimum absolute atomic E-state index is 0.0648. The first-order valence-electron chi connectivity index (χ1n) is 4.87. The highest BCUT2D eigenvalue weighted by Gasteiger charge is 2.31. The number of carbonyl (C=O) groups is 1. The first-order chi connectivity index (χ1) is 8.11. The van der Waals surface area contributed by atoms with Gasteiger partial charge in [0.1, 0.15) is 11.5 Å². The number of nitrogens with zero attached hydrogens (tertiary/aromatic N) is 1. The monoisotopic (exact) mass is 254 g/mol. The molecule has 1 N–H and O–H groups in total. The maximum absolute atomic E-state index is 11.1. The molecule has 3 rings (SSSR count). The largest absolute Gasteiger partial charge is 0.482 e. The van der Waals surface area contributed by atoms with Gasteiger partial charge in [-0.05, 0) is 12.1 Å². The SMILES string of the molecule is C1=NCCO1.O=C1NS(=O)(=O)c2ccccc21. The summed E-state index contributed by atoms with van der Waals surface area (Å²) in [6.07, 6.45) is 1.49. The Bertz CT molecular complexity index is 559. The Labute approximate surface area is 98.4 Å². The van der Waals surface area contributed by atoms with Crippen LogP contribution < -0.4 is 4.72 Å². The minimum atomic E-state index is -3.55. The van der Waals surface area contributed by atoms with Crippen LogP contribution in [0.15, 0.2) is 34.2 Å². The van der Waals surface area contributed by atoms with Crippen LogP contribution in [-0.4, -0.2) is 33.9 Å². The lowest BCUT2D eigenvalue weighted by atomic mass is 10.2. The summed E-state index contributed by atoms with van der Waals surface area (Å²) >= 11 is 0. The molecule has 0 bridgehead atoms. The molecular formula is C10H10N2O4S. The third-order valence-electron chi connectivity index (χ3n) is 2.14. The van der Waals surface area contributed by atoms with Crippen LogP contribution in [0.1, 0.15) is 10.4 Å². The molecule has 0 saturated carbocycles. The van der Waals surface area contributed by atoms with E-state index in [-0.39, 0.29) is 10.5 Å². The van der Waals surface area contributed by atoms with Gasteiger partial charge >= 0.3 is 0 Å². The number of ether oxygens (including phenoxy) is 1. The van der Waals surface area contributed by atoms with Crippen molar-refractivity contribution in [2.24, 2.45) is 4.99 Å². The third kappa shape index (κ3) is 2.44. The second-order valence-corrected chi connectivity index (χ2v) is 4.96. The van der Waals surface area contributed by atoms with Crippen molar-refractivity contribution < 1.29 is 17.9 Å². The van der Waals surface area contributed by atoms with E-state index in [1.54, 1.807) is 12.1 Å². The average molecular weight is 254 g/mol. The van der Waals surface area contributed by atoms with Gasteiger partial charge in [-0.15, -0.1) is 0 Å². The predicted octanol–water partition coefficient (Wildman–Crippen LogP) is 0.164. The van der Waals surface area contributed by atoms with Crippen LogP contribution in [0.2, 0.25) is 0 Å². The summed E-state index contributed by atoms with van der Waals surface area (Å²) in [5.41, 5.74) is 0.220. The second kappa shape index (κ2) is 4.54. The lowest BCUT2D eigenvalue weighted by molar-refractivity contribution is 0.0985. The standard InChI is InChI=1S/C7H5NO3S.C3H5NO/c9-7-5-3-1-2-4-6(5)12(10,11)8-7;1-2-5-3-4-1/h1-4H,(H,8,9);3H,1-2H2. The molecule has 1 aromatic carbocycles. The molecule has 1 aromatic rings. The van der Waals surface area contributed by atoms with Crippen molar-refractivity contribution in [1.82, 2.24) is 4.72 Å². The zero-order valence-electron chi connectivity index (χ0n) is 8.79. The highest BCUT2D eigenvalue weighted by molar-refractivity contribution is 7.90. The van der Waals surface area contributed by atoms with E-state index in [2.05, 4.69) is 9.73 Å². The van der Waals surface area contributed by atoms with Crippen LogP contribution in [0.25, 0.3) is 0 Å². The molecular weight excluding hydrogens is 244 g/mol. The number of fused-ring (bicyclic) bond motifs is 1. The van der Waals surface area contributed by atoms with Crippen molar-refractivity contribution in [2.45, 2.75) is 4.90 Å². The molecule has 2 aliphatic heterocycles. The summed E-state index contributed by atoms with van der Waals surface area (Å²) in [4.78, 5) is 14.8. The molecule has 0 saturated heterocycles. The van der Waals surface area contributed by atoms with Gasteiger partial charge in [-0.1, -0.05) is 12.1 Å². The van der Waals surface area contributed by atoms with Gasteiger partial charge in [-0.3, -0.25) is 9.79 Å².